The van der Waals surface area contributed by atoms with Crippen molar-refractivity contribution in [2.24, 2.45) is 5.92 Å². The van der Waals surface area contributed by atoms with Gasteiger partial charge in [0.25, 0.3) is 5.91 Å². The van der Waals surface area contributed by atoms with E-state index >= 15 is 0 Å². The van der Waals surface area contributed by atoms with Crippen molar-refractivity contribution in [1.82, 2.24) is 19.8 Å². The van der Waals surface area contributed by atoms with Gasteiger partial charge in [-0.1, -0.05) is 6.92 Å². The zero-order valence-electron chi connectivity index (χ0n) is 22.0. The summed E-state index contributed by atoms with van der Waals surface area (Å²) in [5, 5.41) is 0. The number of anilines is 2. The first-order valence-electron chi connectivity index (χ1n) is 13.1. The van der Waals surface area contributed by atoms with Gasteiger partial charge in [-0.25, -0.2) is 4.98 Å². The highest BCUT2D eigenvalue weighted by Gasteiger charge is 2.31. The van der Waals surface area contributed by atoms with Crippen LogP contribution in [0.2, 0.25) is 0 Å². The van der Waals surface area contributed by atoms with Crippen LogP contribution in [0.5, 0.6) is 11.5 Å². The van der Waals surface area contributed by atoms with Gasteiger partial charge in [0.2, 0.25) is 5.95 Å². The lowest BCUT2D eigenvalue weighted by Gasteiger charge is -2.38. The number of hydrogen-bond acceptors (Lipinski definition) is 8. The van der Waals surface area contributed by atoms with Gasteiger partial charge in [-0.15, -0.1) is 0 Å². The molecular weight excluding hydrogens is 456 g/mol. The Kier molecular flexibility index (Phi) is 7.18. The van der Waals surface area contributed by atoms with Crippen LogP contribution in [0.1, 0.15) is 41.4 Å². The number of aromatic nitrogens is 2. The Morgan fingerprint density at radius 1 is 0.917 bits per heavy atom. The molecule has 9 nitrogen and oxygen atoms in total. The van der Waals surface area contributed by atoms with E-state index in [1.54, 1.807) is 32.4 Å². The summed E-state index contributed by atoms with van der Waals surface area (Å²) in [5.74, 6) is 3.76. The van der Waals surface area contributed by atoms with Crippen molar-refractivity contribution in [3.8, 4) is 11.5 Å². The molecule has 194 valence electrons. The molecule has 0 aliphatic carbocycles. The molecule has 2 saturated heterocycles. The van der Waals surface area contributed by atoms with Gasteiger partial charge in [-0.05, 0) is 44.0 Å². The molecule has 2 fully saturated rings. The number of rotatable bonds is 5. The first-order valence-corrected chi connectivity index (χ1v) is 13.1. The van der Waals surface area contributed by atoms with E-state index < -0.39 is 0 Å². The second-order valence-corrected chi connectivity index (χ2v) is 10.3. The van der Waals surface area contributed by atoms with Crippen molar-refractivity contribution in [2.45, 2.75) is 32.7 Å². The molecule has 4 heterocycles. The summed E-state index contributed by atoms with van der Waals surface area (Å²) in [5.41, 5.74) is 2.78. The Morgan fingerprint density at radius 2 is 1.64 bits per heavy atom. The number of carbonyl (C=O) groups is 1. The standard InChI is InChI=1S/C27H38N6O3/c1-19-7-10-31(11-8-19)25-21-18-33(26(34)20-5-6-23(35-3)24(17-20)36-4)12-9-22(21)28-27(29-25)32-15-13-30(2)14-16-32/h5-6,17,19H,7-16,18H2,1-4H3. The molecule has 0 unspecified atom stereocenters. The SMILES string of the molecule is COc1ccc(C(=O)N2CCc3nc(N4CCN(C)CC4)nc(N4CCC(C)CC4)c3C2)cc1OC. The Morgan fingerprint density at radius 3 is 2.33 bits per heavy atom. The van der Waals surface area contributed by atoms with Gasteiger partial charge in [-0.3, -0.25) is 4.79 Å². The van der Waals surface area contributed by atoms with Crippen LogP contribution >= 0.6 is 0 Å². The third-order valence-electron chi connectivity index (χ3n) is 7.81. The van der Waals surface area contributed by atoms with E-state index in [1.807, 2.05) is 4.90 Å². The summed E-state index contributed by atoms with van der Waals surface area (Å²) in [6.45, 7) is 9.39. The zero-order valence-corrected chi connectivity index (χ0v) is 22.0. The van der Waals surface area contributed by atoms with Crippen LogP contribution in [-0.4, -0.2) is 92.8 Å². The Bertz CT molecular complexity index is 1090. The highest BCUT2D eigenvalue weighted by Crippen LogP contribution is 2.33. The lowest BCUT2D eigenvalue weighted by Crippen LogP contribution is -2.46. The molecule has 0 N–H and O–H groups in total. The van der Waals surface area contributed by atoms with Crippen LogP contribution in [-0.2, 0) is 13.0 Å². The van der Waals surface area contributed by atoms with Crippen LogP contribution in [0.4, 0.5) is 11.8 Å². The number of nitrogens with zero attached hydrogens (tertiary/aromatic N) is 6. The van der Waals surface area contributed by atoms with Crippen LogP contribution in [0.3, 0.4) is 0 Å². The largest absolute Gasteiger partial charge is 0.493 e. The molecule has 0 atom stereocenters. The first kappa shape index (κ1) is 24.6. The third-order valence-corrected chi connectivity index (χ3v) is 7.81. The lowest BCUT2D eigenvalue weighted by atomic mass is 9.98. The highest BCUT2D eigenvalue weighted by molar-refractivity contribution is 5.95. The molecular formula is C27H38N6O3. The van der Waals surface area contributed by atoms with Crippen LogP contribution in [0.15, 0.2) is 18.2 Å². The van der Waals surface area contributed by atoms with Crippen molar-refractivity contribution in [1.29, 1.82) is 0 Å². The Balaban J connectivity index is 1.44. The summed E-state index contributed by atoms with van der Waals surface area (Å²) < 4.78 is 10.8. The van der Waals surface area contributed by atoms with Crippen molar-refractivity contribution < 1.29 is 14.3 Å². The van der Waals surface area contributed by atoms with Gasteiger partial charge in [-0.2, -0.15) is 4.98 Å². The number of piperidine rings is 1. The molecule has 2 aromatic rings. The molecule has 1 amide bonds. The number of methoxy groups -OCH3 is 2. The number of likely N-dealkylation sites (N-methyl/N-ethyl adjacent to an activating group) is 1. The molecule has 5 rings (SSSR count). The van der Waals surface area contributed by atoms with Crippen molar-refractivity contribution in [3.05, 3.63) is 35.0 Å². The van der Waals surface area contributed by atoms with Crippen molar-refractivity contribution >= 4 is 17.7 Å². The zero-order chi connectivity index (χ0) is 25.2. The minimum Gasteiger partial charge on any atom is -0.493 e. The van der Waals surface area contributed by atoms with Crippen molar-refractivity contribution in [2.75, 3.05) is 76.9 Å². The third kappa shape index (κ3) is 4.93. The maximum atomic E-state index is 13.5. The van der Waals surface area contributed by atoms with E-state index in [-0.39, 0.29) is 5.91 Å². The number of hydrogen-bond donors (Lipinski definition) is 0. The number of piperazine rings is 1. The lowest BCUT2D eigenvalue weighted by molar-refractivity contribution is 0.0733. The molecule has 9 heteroatoms. The molecule has 0 spiro atoms. The van der Waals surface area contributed by atoms with Gasteiger partial charge in [0.05, 0.1) is 26.5 Å². The highest BCUT2D eigenvalue weighted by atomic mass is 16.5. The smallest absolute Gasteiger partial charge is 0.254 e. The average molecular weight is 495 g/mol. The van der Waals surface area contributed by atoms with E-state index in [0.29, 0.717) is 30.2 Å². The molecule has 1 aromatic heterocycles. The fourth-order valence-corrected chi connectivity index (χ4v) is 5.34. The van der Waals surface area contributed by atoms with Gasteiger partial charge in [0.1, 0.15) is 5.82 Å². The summed E-state index contributed by atoms with van der Waals surface area (Å²) in [6, 6.07) is 5.35. The monoisotopic (exact) mass is 494 g/mol. The average Bonchev–Trinajstić information content (AvgIpc) is 2.92. The van der Waals surface area contributed by atoms with Crippen LogP contribution in [0, 0.1) is 5.92 Å². The van der Waals surface area contributed by atoms with Gasteiger partial charge < -0.3 is 29.1 Å². The quantitative estimate of drug-likeness (QED) is 0.628. The molecule has 0 radical (unpaired) electrons. The van der Waals surface area contributed by atoms with Crippen LogP contribution < -0.4 is 19.3 Å². The molecule has 1 aromatic carbocycles. The van der Waals surface area contributed by atoms with E-state index in [9.17, 15) is 4.79 Å². The number of ether oxygens (including phenoxy) is 2. The maximum absolute atomic E-state index is 13.5. The summed E-state index contributed by atoms with van der Waals surface area (Å²) >= 11 is 0. The Hall–Kier alpha value is -3.07. The second-order valence-electron chi connectivity index (χ2n) is 10.3. The number of benzene rings is 1. The fourth-order valence-electron chi connectivity index (χ4n) is 5.34. The van der Waals surface area contributed by atoms with Gasteiger partial charge in [0.15, 0.2) is 11.5 Å². The van der Waals surface area contributed by atoms with Crippen molar-refractivity contribution in [3.63, 3.8) is 0 Å². The van der Waals surface area contributed by atoms with E-state index in [0.717, 1.165) is 87.5 Å². The normalized spacial score (nSPS) is 19.3. The van der Waals surface area contributed by atoms with Gasteiger partial charge >= 0.3 is 0 Å². The molecule has 36 heavy (non-hydrogen) atoms. The molecule has 0 saturated carbocycles. The first-order chi connectivity index (χ1) is 17.5. The number of amides is 1. The summed E-state index contributed by atoms with van der Waals surface area (Å²) in [7, 11) is 5.35. The Labute approximate surface area is 214 Å². The fraction of sp³-hybridized carbons (Fsp3) is 0.593. The van der Waals surface area contributed by atoms with Gasteiger partial charge in [0, 0.05) is 63.4 Å². The summed E-state index contributed by atoms with van der Waals surface area (Å²) in [6.07, 6.45) is 3.06. The predicted molar refractivity (Wildman–Crippen MR) is 140 cm³/mol. The van der Waals surface area contributed by atoms with E-state index in [4.69, 9.17) is 19.4 Å². The van der Waals surface area contributed by atoms with E-state index in [2.05, 4.69) is 28.7 Å². The second kappa shape index (κ2) is 10.5. The number of carbonyl (C=O) groups excluding carboxylic acids is 1. The topological polar surface area (TPSA) is 74.3 Å². The van der Waals surface area contributed by atoms with Crippen LogP contribution in [0.25, 0.3) is 0 Å². The predicted octanol–water partition coefficient (Wildman–Crippen LogP) is 2.68. The minimum atomic E-state index is -0.0111. The number of fused-ring (bicyclic) bond motifs is 1. The summed E-state index contributed by atoms with van der Waals surface area (Å²) in [4.78, 5) is 32.7. The molecule has 3 aliphatic heterocycles. The molecule has 3 aliphatic rings. The molecule has 0 bridgehead atoms. The van der Waals surface area contributed by atoms with E-state index in [1.165, 1.54) is 0 Å². The minimum absolute atomic E-state index is 0.0111. The maximum Gasteiger partial charge on any atom is 0.254 e.